The Bertz CT molecular complexity index is 760. The van der Waals surface area contributed by atoms with Crippen LogP contribution in [0.25, 0.3) is 0 Å². The van der Waals surface area contributed by atoms with E-state index >= 15 is 0 Å². The molecule has 0 bridgehead atoms. The van der Waals surface area contributed by atoms with E-state index in [-0.39, 0.29) is 34.2 Å². The zero-order valence-electron chi connectivity index (χ0n) is 17.4. The second-order valence-electron chi connectivity index (χ2n) is 8.09. The lowest BCUT2D eigenvalue weighted by molar-refractivity contribution is -0.142. The van der Waals surface area contributed by atoms with Crippen molar-refractivity contribution in [2.24, 2.45) is 11.8 Å². The number of benzene rings is 1. The molecule has 160 valence electrons. The standard InChI is InChI=1S/C21H29Cl2N3O3/c1-13(2)11-18(24-19(27)16-6-5-15(22)12-17(16)23)21(29)26-9-7-25(8-10-26)20(28)14(3)4/h5-6,12-14,18H,7-11H2,1-4H3,(H,24,27). The molecule has 6 nitrogen and oxygen atoms in total. The molecular formula is C21H29Cl2N3O3. The first kappa shape index (κ1) is 23.5. The number of hydrogen-bond donors (Lipinski definition) is 1. The molecule has 29 heavy (non-hydrogen) atoms. The summed E-state index contributed by atoms with van der Waals surface area (Å²) in [5, 5.41) is 3.52. The van der Waals surface area contributed by atoms with Gasteiger partial charge in [0.2, 0.25) is 11.8 Å². The molecular weight excluding hydrogens is 413 g/mol. The minimum atomic E-state index is -0.651. The average molecular weight is 442 g/mol. The molecule has 0 radical (unpaired) electrons. The third-order valence-corrected chi connectivity index (χ3v) is 5.43. The molecule has 1 fully saturated rings. The third-order valence-electron chi connectivity index (χ3n) is 4.88. The van der Waals surface area contributed by atoms with Crippen LogP contribution in [0.3, 0.4) is 0 Å². The zero-order valence-corrected chi connectivity index (χ0v) is 18.9. The summed E-state index contributed by atoms with van der Waals surface area (Å²) in [7, 11) is 0. The van der Waals surface area contributed by atoms with Crippen molar-refractivity contribution in [3.63, 3.8) is 0 Å². The maximum Gasteiger partial charge on any atom is 0.253 e. The first-order valence-corrected chi connectivity index (χ1v) is 10.7. The Balaban J connectivity index is 2.07. The summed E-state index contributed by atoms with van der Waals surface area (Å²) in [5.41, 5.74) is 0.282. The number of rotatable bonds is 6. The molecule has 0 spiro atoms. The molecule has 1 N–H and O–H groups in total. The summed E-state index contributed by atoms with van der Waals surface area (Å²) < 4.78 is 0. The summed E-state index contributed by atoms with van der Waals surface area (Å²) in [5.74, 6) is -0.280. The van der Waals surface area contributed by atoms with Crippen molar-refractivity contribution in [2.45, 2.75) is 40.2 Å². The smallest absolute Gasteiger partial charge is 0.253 e. The Labute approximate surface area is 182 Å². The number of carbonyl (C=O) groups is 3. The molecule has 8 heteroatoms. The van der Waals surface area contributed by atoms with Crippen LogP contribution in [-0.4, -0.2) is 59.7 Å². The van der Waals surface area contributed by atoms with E-state index in [0.29, 0.717) is 37.6 Å². The predicted octanol–water partition coefficient (Wildman–Crippen LogP) is 3.46. The number of hydrogen-bond acceptors (Lipinski definition) is 3. The summed E-state index contributed by atoms with van der Waals surface area (Å²) in [6.45, 7) is 9.68. The maximum atomic E-state index is 13.1. The monoisotopic (exact) mass is 441 g/mol. The molecule has 1 aromatic carbocycles. The quantitative estimate of drug-likeness (QED) is 0.734. The SMILES string of the molecule is CC(C)CC(NC(=O)c1ccc(Cl)cc1Cl)C(=O)N1CCN(C(=O)C(C)C)CC1. The highest BCUT2D eigenvalue weighted by atomic mass is 35.5. The topological polar surface area (TPSA) is 69.7 Å². The van der Waals surface area contributed by atoms with E-state index in [2.05, 4.69) is 5.32 Å². The minimum Gasteiger partial charge on any atom is -0.340 e. The van der Waals surface area contributed by atoms with Crippen LogP contribution in [0, 0.1) is 11.8 Å². The van der Waals surface area contributed by atoms with Gasteiger partial charge in [-0.05, 0) is 30.5 Å². The van der Waals surface area contributed by atoms with E-state index in [1.807, 2.05) is 27.7 Å². The Morgan fingerprint density at radius 3 is 2.00 bits per heavy atom. The summed E-state index contributed by atoms with van der Waals surface area (Å²) >= 11 is 12.0. The molecule has 1 atom stereocenters. The first-order valence-electron chi connectivity index (χ1n) is 9.93. The van der Waals surface area contributed by atoms with Gasteiger partial charge in [0.1, 0.15) is 6.04 Å². The number of carbonyl (C=O) groups excluding carboxylic acids is 3. The van der Waals surface area contributed by atoms with E-state index in [9.17, 15) is 14.4 Å². The van der Waals surface area contributed by atoms with Gasteiger partial charge in [-0.1, -0.05) is 50.9 Å². The van der Waals surface area contributed by atoms with Gasteiger partial charge in [-0.15, -0.1) is 0 Å². The van der Waals surface area contributed by atoms with E-state index in [0.717, 1.165) is 0 Å². The van der Waals surface area contributed by atoms with Crippen LogP contribution < -0.4 is 5.32 Å². The Morgan fingerprint density at radius 2 is 1.52 bits per heavy atom. The molecule has 1 aromatic rings. The van der Waals surface area contributed by atoms with Crippen LogP contribution in [0.1, 0.15) is 44.5 Å². The van der Waals surface area contributed by atoms with E-state index in [1.165, 1.54) is 6.07 Å². The number of nitrogens with zero attached hydrogens (tertiary/aromatic N) is 2. The molecule has 2 rings (SSSR count). The van der Waals surface area contributed by atoms with Crippen molar-refractivity contribution in [3.05, 3.63) is 33.8 Å². The van der Waals surface area contributed by atoms with Gasteiger partial charge in [-0.2, -0.15) is 0 Å². The molecule has 1 heterocycles. The van der Waals surface area contributed by atoms with Crippen LogP contribution in [0.2, 0.25) is 10.0 Å². The highest BCUT2D eigenvalue weighted by Gasteiger charge is 2.31. The molecule has 0 aliphatic carbocycles. The highest BCUT2D eigenvalue weighted by Crippen LogP contribution is 2.21. The predicted molar refractivity (Wildman–Crippen MR) is 115 cm³/mol. The fraction of sp³-hybridized carbons (Fsp3) is 0.571. The van der Waals surface area contributed by atoms with E-state index in [4.69, 9.17) is 23.2 Å². The summed E-state index contributed by atoms with van der Waals surface area (Å²) in [6, 6.07) is 3.99. The van der Waals surface area contributed by atoms with Gasteiger partial charge < -0.3 is 15.1 Å². The van der Waals surface area contributed by atoms with Gasteiger partial charge in [-0.25, -0.2) is 0 Å². The van der Waals surface area contributed by atoms with Crippen LogP contribution in [0.4, 0.5) is 0 Å². The lowest BCUT2D eigenvalue weighted by Gasteiger charge is -2.37. The molecule has 0 aromatic heterocycles. The van der Waals surface area contributed by atoms with Crippen molar-refractivity contribution in [3.8, 4) is 0 Å². The number of halogens is 2. The zero-order chi connectivity index (χ0) is 21.7. The number of piperazine rings is 1. The normalized spacial score (nSPS) is 15.6. The van der Waals surface area contributed by atoms with Gasteiger partial charge in [0.05, 0.1) is 10.6 Å². The Kier molecular flexibility index (Phi) is 8.34. The van der Waals surface area contributed by atoms with Crippen LogP contribution in [0.15, 0.2) is 18.2 Å². The summed E-state index contributed by atoms with van der Waals surface area (Å²) in [6.07, 6.45) is 0.515. The van der Waals surface area contributed by atoms with Gasteiger partial charge >= 0.3 is 0 Å². The second kappa shape index (κ2) is 10.3. The van der Waals surface area contributed by atoms with E-state index in [1.54, 1.807) is 21.9 Å². The van der Waals surface area contributed by atoms with Crippen molar-refractivity contribution in [1.82, 2.24) is 15.1 Å². The average Bonchev–Trinajstić information content (AvgIpc) is 2.65. The lowest BCUT2D eigenvalue weighted by atomic mass is 10.0. The molecule has 0 saturated carbocycles. The number of amides is 3. The fourth-order valence-electron chi connectivity index (χ4n) is 3.34. The number of nitrogens with one attached hydrogen (secondary N) is 1. The lowest BCUT2D eigenvalue weighted by Crippen LogP contribution is -2.56. The Hall–Kier alpha value is -1.79. The maximum absolute atomic E-state index is 13.1. The van der Waals surface area contributed by atoms with Gasteiger partial charge in [0.25, 0.3) is 5.91 Å². The van der Waals surface area contributed by atoms with E-state index < -0.39 is 11.9 Å². The van der Waals surface area contributed by atoms with Gasteiger partial charge in [0, 0.05) is 37.1 Å². The molecule has 1 saturated heterocycles. The van der Waals surface area contributed by atoms with Crippen LogP contribution in [-0.2, 0) is 9.59 Å². The highest BCUT2D eigenvalue weighted by molar-refractivity contribution is 6.36. The largest absolute Gasteiger partial charge is 0.340 e. The second-order valence-corrected chi connectivity index (χ2v) is 8.93. The molecule has 1 aliphatic heterocycles. The molecule has 1 unspecified atom stereocenters. The summed E-state index contributed by atoms with van der Waals surface area (Å²) in [4.78, 5) is 41.5. The molecule has 1 aliphatic rings. The Morgan fingerprint density at radius 1 is 0.966 bits per heavy atom. The third kappa shape index (κ3) is 6.34. The first-order chi connectivity index (χ1) is 13.6. The fourth-order valence-corrected chi connectivity index (χ4v) is 3.83. The van der Waals surface area contributed by atoms with Crippen molar-refractivity contribution >= 4 is 40.9 Å². The molecule has 3 amide bonds. The van der Waals surface area contributed by atoms with Crippen molar-refractivity contribution in [2.75, 3.05) is 26.2 Å². The van der Waals surface area contributed by atoms with Crippen molar-refractivity contribution in [1.29, 1.82) is 0 Å². The minimum absolute atomic E-state index is 0.0608. The van der Waals surface area contributed by atoms with Crippen molar-refractivity contribution < 1.29 is 14.4 Å². The van der Waals surface area contributed by atoms with Gasteiger partial charge in [0.15, 0.2) is 0 Å². The van der Waals surface area contributed by atoms with Crippen LogP contribution >= 0.6 is 23.2 Å². The van der Waals surface area contributed by atoms with Crippen LogP contribution in [0.5, 0.6) is 0 Å². The van der Waals surface area contributed by atoms with Gasteiger partial charge in [-0.3, -0.25) is 14.4 Å².